The molecule has 19 heavy (non-hydrogen) atoms. The van der Waals surface area contributed by atoms with Crippen LogP contribution in [0.3, 0.4) is 0 Å². The van der Waals surface area contributed by atoms with Crippen molar-refractivity contribution in [1.29, 1.82) is 0 Å². The number of benzene rings is 1. The van der Waals surface area contributed by atoms with E-state index in [9.17, 15) is 14.9 Å². The number of aliphatic hydroxyl groups excluding tert-OH is 2. The molecule has 0 amide bonds. The van der Waals surface area contributed by atoms with Gasteiger partial charge < -0.3 is 20.2 Å². The predicted octanol–water partition coefficient (Wildman–Crippen LogP) is 0.0840. The van der Waals surface area contributed by atoms with Gasteiger partial charge in [-0.2, -0.15) is 0 Å². The zero-order valence-corrected chi connectivity index (χ0v) is 10.0. The third-order valence-corrected chi connectivity index (χ3v) is 2.51. The third kappa shape index (κ3) is 3.39. The molecule has 0 unspecified atom stereocenters. The van der Waals surface area contributed by atoms with Gasteiger partial charge in [0.05, 0.1) is 18.1 Å². The number of nitro benzene ring substituents is 1. The lowest BCUT2D eigenvalue weighted by Gasteiger charge is -2.22. The van der Waals surface area contributed by atoms with Crippen LogP contribution in [0.1, 0.15) is 10.4 Å². The van der Waals surface area contributed by atoms with Crippen molar-refractivity contribution >= 4 is 17.3 Å². The predicted molar refractivity (Wildman–Crippen MR) is 66.4 cm³/mol. The van der Waals surface area contributed by atoms with E-state index < -0.39 is 22.1 Å². The zero-order valence-electron chi connectivity index (χ0n) is 10.0. The summed E-state index contributed by atoms with van der Waals surface area (Å²) in [6.45, 7) is -0.419. The Balaban J connectivity index is 3.35. The van der Waals surface area contributed by atoms with E-state index in [1.54, 1.807) is 0 Å². The molecule has 0 saturated heterocycles. The molecule has 0 atom stereocenters. The first kappa shape index (κ1) is 14.9. The average Bonchev–Trinajstić information content (AvgIpc) is 2.37. The molecule has 0 radical (unpaired) electrons. The number of rotatable bonds is 7. The van der Waals surface area contributed by atoms with Crippen molar-refractivity contribution in [2.45, 2.75) is 0 Å². The number of nitro groups is 1. The lowest BCUT2D eigenvalue weighted by molar-refractivity contribution is -0.384. The number of carboxylic acids is 1. The summed E-state index contributed by atoms with van der Waals surface area (Å²) >= 11 is 0. The number of aliphatic hydroxyl groups is 2. The van der Waals surface area contributed by atoms with Gasteiger partial charge in [-0.3, -0.25) is 10.1 Å². The molecule has 104 valence electrons. The molecule has 0 spiro atoms. The number of carbonyl (C=O) groups is 1. The molecular weight excluding hydrogens is 256 g/mol. The molecule has 0 aliphatic rings. The van der Waals surface area contributed by atoms with Crippen molar-refractivity contribution in [1.82, 2.24) is 0 Å². The van der Waals surface area contributed by atoms with Crippen LogP contribution in [0.15, 0.2) is 18.2 Å². The molecule has 3 N–H and O–H groups in total. The smallest absolute Gasteiger partial charge is 0.342 e. The van der Waals surface area contributed by atoms with Crippen molar-refractivity contribution in [3.63, 3.8) is 0 Å². The lowest BCUT2D eigenvalue weighted by Crippen LogP contribution is -2.30. The van der Waals surface area contributed by atoms with E-state index in [0.717, 1.165) is 6.07 Å². The van der Waals surface area contributed by atoms with Crippen LogP contribution < -0.4 is 4.90 Å². The van der Waals surface area contributed by atoms with E-state index in [2.05, 4.69) is 0 Å². The van der Waals surface area contributed by atoms with Gasteiger partial charge >= 0.3 is 11.7 Å². The summed E-state index contributed by atoms with van der Waals surface area (Å²) in [5.74, 6) is -1.40. The van der Waals surface area contributed by atoms with E-state index in [0.29, 0.717) is 0 Å². The molecule has 0 fully saturated rings. The third-order valence-electron chi connectivity index (χ3n) is 2.51. The summed E-state index contributed by atoms with van der Waals surface area (Å²) in [6.07, 6.45) is 0. The summed E-state index contributed by atoms with van der Waals surface area (Å²) in [6, 6.07) is 3.91. The Hall–Kier alpha value is -2.19. The van der Waals surface area contributed by atoms with Crippen LogP contribution in [0.2, 0.25) is 0 Å². The van der Waals surface area contributed by atoms with Crippen LogP contribution in [-0.4, -0.2) is 52.5 Å². The van der Waals surface area contributed by atoms with E-state index in [1.165, 1.54) is 17.0 Å². The average molecular weight is 270 g/mol. The van der Waals surface area contributed by atoms with E-state index in [1.807, 2.05) is 0 Å². The van der Waals surface area contributed by atoms with Crippen LogP contribution >= 0.6 is 0 Å². The maximum Gasteiger partial charge on any atom is 0.342 e. The maximum absolute atomic E-state index is 11.1. The normalized spacial score (nSPS) is 10.2. The van der Waals surface area contributed by atoms with Gasteiger partial charge in [-0.1, -0.05) is 6.07 Å². The Morgan fingerprint density at radius 3 is 2.26 bits per heavy atom. The first-order chi connectivity index (χ1) is 9.02. The minimum absolute atomic E-state index is 0.0600. The minimum Gasteiger partial charge on any atom is -0.477 e. The monoisotopic (exact) mass is 270 g/mol. The van der Waals surface area contributed by atoms with Gasteiger partial charge in [0.15, 0.2) is 0 Å². The maximum atomic E-state index is 11.1. The molecule has 1 aromatic carbocycles. The van der Waals surface area contributed by atoms with Gasteiger partial charge in [0.25, 0.3) is 0 Å². The van der Waals surface area contributed by atoms with Gasteiger partial charge in [-0.15, -0.1) is 0 Å². The number of para-hydroxylation sites is 1. The SMILES string of the molecule is O=C(O)c1cccc(N(CCO)CCO)c1[N+](=O)[O-]. The highest BCUT2D eigenvalue weighted by molar-refractivity contribution is 5.95. The van der Waals surface area contributed by atoms with Crippen molar-refractivity contribution in [3.05, 3.63) is 33.9 Å². The molecule has 1 aromatic rings. The summed E-state index contributed by atoms with van der Waals surface area (Å²) in [5, 5.41) is 37.9. The standard InChI is InChI=1S/C11H14N2O6/c14-6-4-12(5-7-15)9-3-1-2-8(11(16)17)10(9)13(18)19/h1-3,14-15H,4-7H2,(H,16,17). The van der Waals surface area contributed by atoms with Crippen molar-refractivity contribution < 1.29 is 25.0 Å². The number of carboxylic acid groups (broad SMARTS) is 1. The number of nitrogens with zero attached hydrogens (tertiary/aromatic N) is 2. The van der Waals surface area contributed by atoms with Gasteiger partial charge in [-0.05, 0) is 12.1 Å². The number of anilines is 1. The van der Waals surface area contributed by atoms with E-state index in [-0.39, 0.29) is 32.0 Å². The Labute approximate surface area is 108 Å². The van der Waals surface area contributed by atoms with Crippen molar-refractivity contribution in [2.24, 2.45) is 0 Å². The first-order valence-corrected chi connectivity index (χ1v) is 5.50. The Morgan fingerprint density at radius 1 is 1.26 bits per heavy atom. The number of hydrogen-bond donors (Lipinski definition) is 3. The van der Waals surface area contributed by atoms with Crippen molar-refractivity contribution in [3.8, 4) is 0 Å². The molecule has 0 saturated carbocycles. The number of hydrogen-bond acceptors (Lipinski definition) is 6. The van der Waals surface area contributed by atoms with Crippen LogP contribution in [0.25, 0.3) is 0 Å². The fraction of sp³-hybridized carbons (Fsp3) is 0.364. The fourth-order valence-electron chi connectivity index (χ4n) is 1.75. The Morgan fingerprint density at radius 2 is 1.84 bits per heavy atom. The second-order valence-corrected chi connectivity index (χ2v) is 3.67. The molecule has 8 heteroatoms. The van der Waals surface area contributed by atoms with E-state index >= 15 is 0 Å². The molecule has 0 heterocycles. The molecule has 0 aliphatic heterocycles. The summed E-state index contributed by atoms with van der Waals surface area (Å²) in [5.41, 5.74) is -0.909. The zero-order chi connectivity index (χ0) is 14.4. The highest BCUT2D eigenvalue weighted by Gasteiger charge is 2.26. The summed E-state index contributed by atoms with van der Waals surface area (Å²) < 4.78 is 0. The lowest BCUT2D eigenvalue weighted by atomic mass is 10.1. The second kappa shape index (κ2) is 6.66. The largest absolute Gasteiger partial charge is 0.477 e. The summed E-state index contributed by atoms with van der Waals surface area (Å²) in [4.78, 5) is 22.6. The second-order valence-electron chi connectivity index (χ2n) is 3.67. The highest BCUT2D eigenvalue weighted by Crippen LogP contribution is 2.31. The molecule has 8 nitrogen and oxygen atoms in total. The van der Waals surface area contributed by atoms with Crippen LogP contribution in [-0.2, 0) is 0 Å². The van der Waals surface area contributed by atoms with E-state index in [4.69, 9.17) is 15.3 Å². The molecule has 0 aliphatic carbocycles. The fourth-order valence-corrected chi connectivity index (χ4v) is 1.75. The van der Waals surface area contributed by atoms with Gasteiger partial charge in [0.2, 0.25) is 0 Å². The highest BCUT2D eigenvalue weighted by atomic mass is 16.6. The first-order valence-electron chi connectivity index (χ1n) is 5.50. The number of aromatic carboxylic acids is 1. The van der Waals surface area contributed by atoms with Crippen LogP contribution in [0.5, 0.6) is 0 Å². The quantitative estimate of drug-likeness (QED) is 0.473. The Kier molecular flexibility index (Phi) is 5.22. The molecular formula is C11H14N2O6. The van der Waals surface area contributed by atoms with Gasteiger partial charge in [0, 0.05) is 13.1 Å². The Bertz CT molecular complexity index is 470. The molecule has 1 rings (SSSR count). The van der Waals surface area contributed by atoms with Gasteiger partial charge in [0.1, 0.15) is 11.3 Å². The van der Waals surface area contributed by atoms with Crippen molar-refractivity contribution in [2.75, 3.05) is 31.2 Å². The summed E-state index contributed by atoms with van der Waals surface area (Å²) in [7, 11) is 0. The topological polar surface area (TPSA) is 124 Å². The molecule has 0 bridgehead atoms. The van der Waals surface area contributed by atoms with Gasteiger partial charge in [-0.25, -0.2) is 4.79 Å². The van der Waals surface area contributed by atoms with Crippen LogP contribution in [0.4, 0.5) is 11.4 Å². The minimum atomic E-state index is -1.40. The van der Waals surface area contributed by atoms with Crippen LogP contribution in [0, 0.1) is 10.1 Å². The molecule has 0 aromatic heterocycles.